The number of ether oxygens (including phenoxy) is 2. The molecule has 0 aliphatic carbocycles. The molecule has 0 spiro atoms. The summed E-state index contributed by atoms with van der Waals surface area (Å²) in [6.07, 6.45) is 1.34. The maximum Gasteiger partial charge on any atom is 0.329 e. The fourth-order valence-electron chi connectivity index (χ4n) is 2.88. The smallest absolute Gasteiger partial charge is 0.329 e. The Balaban J connectivity index is 1.64. The number of anilines is 1. The van der Waals surface area contributed by atoms with E-state index in [0.717, 1.165) is 11.1 Å². The number of carbonyl (C=O) groups excluding carboxylic acids is 2. The molecule has 0 aliphatic heterocycles. The highest BCUT2D eigenvalue weighted by molar-refractivity contribution is 6.40. The first kappa shape index (κ1) is 26.3. The Bertz CT molecular complexity index is 1250. The summed E-state index contributed by atoms with van der Waals surface area (Å²) in [4.78, 5) is 24.2. The molecule has 0 radical (unpaired) electrons. The highest BCUT2D eigenvalue weighted by Crippen LogP contribution is 2.37. The first-order chi connectivity index (χ1) is 16.8. The minimum absolute atomic E-state index is 0.266. The number of aryl methyl sites for hydroxylation is 1. The highest BCUT2D eigenvalue weighted by Gasteiger charge is 2.15. The molecule has 182 valence electrons. The van der Waals surface area contributed by atoms with Gasteiger partial charge in [0.25, 0.3) is 0 Å². The number of carbonyl (C=O) groups is 2. The number of hydrogen-bond donors (Lipinski definition) is 2. The Morgan fingerprint density at radius 1 is 0.943 bits per heavy atom. The number of hydrogen-bond acceptors (Lipinski definition) is 5. The lowest BCUT2D eigenvalue weighted by Crippen LogP contribution is -2.32. The molecule has 10 heteroatoms. The largest absolute Gasteiger partial charge is 0.490 e. The van der Waals surface area contributed by atoms with E-state index in [1.807, 2.05) is 26.0 Å². The fraction of sp³-hybridized carbons (Fsp3) is 0.160. The normalized spacial score (nSPS) is 10.8. The number of rotatable bonds is 8. The Kier molecular flexibility index (Phi) is 9.37. The molecule has 0 bridgehead atoms. The van der Waals surface area contributed by atoms with Crippen LogP contribution in [0.4, 0.5) is 5.69 Å². The van der Waals surface area contributed by atoms with E-state index in [2.05, 4.69) is 15.8 Å². The zero-order valence-electron chi connectivity index (χ0n) is 18.9. The van der Waals surface area contributed by atoms with Gasteiger partial charge in [0.05, 0.1) is 17.8 Å². The maximum atomic E-state index is 12.1. The van der Waals surface area contributed by atoms with Crippen molar-refractivity contribution in [3.8, 4) is 11.5 Å². The molecule has 2 amide bonds. The van der Waals surface area contributed by atoms with E-state index >= 15 is 0 Å². The summed E-state index contributed by atoms with van der Waals surface area (Å²) in [6.45, 7) is 4.31. The number of nitrogens with zero attached hydrogens (tertiary/aromatic N) is 1. The topological polar surface area (TPSA) is 89.0 Å². The van der Waals surface area contributed by atoms with Crippen LogP contribution < -0.4 is 20.2 Å². The third kappa shape index (κ3) is 7.62. The second-order valence-electron chi connectivity index (χ2n) is 7.30. The van der Waals surface area contributed by atoms with Crippen LogP contribution in [0.15, 0.2) is 59.7 Å². The predicted molar refractivity (Wildman–Crippen MR) is 139 cm³/mol. The van der Waals surface area contributed by atoms with Crippen LogP contribution in [0.2, 0.25) is 15.1 Å². The molecule has 2 N–H and O–H groups in total. The molecule has 3 rings (SSSR count). The lowest BCUT2D eigenvalue weighted by molar-refractivity contribution is -0.136. The third-order valence-corrected chi connectivity index (χ3v) is 5.58. The fourth-order valence-corrected chi connectivity index (χ4v) is 3.46. The minimum atomic E-state index is -0.947. The average molecular weight is 535 g/mol. The van der Waals surface area contributed by atoms with Crippen LogP contribution in [0.3, 0.4) is 0 Å². The molecule has 3 aromatic rings. The zero-order chi connectivity index (χ0) is 25.4. The van der Waals surface area contributed by atoms with Crippen LogP contribution in [-0.4, -0.2) is 24.6 Å². The number of hydrazone groups is 1. The quantitative estimate of drug-likeness (QED) is 0.210. The van der Waals surface area contributed by atoms with Gasteiger partial charge in [0.2, 0.25) is 0 Å². The molecule has 0 saturated heterocycles. The second kappa shape index (κ2) is 12.4. The maximum absolute atomic E-state index is 12.1. The molecule has 35 heavy (non-hydrogen) atoms. The average Bonchev–Trinajstić information content (AvgIpc) is 2.82. The van der Waals surface area contributed by atoms with Gasteiger partial charge in [-0.3, -0.25) is 9.59 Å². The van der Waals surface area contributed by atoms with Gasteiger partial charge in [-0.15, -0.1) is 0 Å². The van der Waals surface area contributed by atoms with Gasteiger partial charge >= 0.3 is 11.8 Å². The SMILES string of the molecule is CCOc1cc(/C=N\NC(=O)C(=O)Nc2ccc(C)c(Cl)c2)cc(Cl)c1OCc1ccc(Cl)cc1. The lowest BCUT2D eigenvalue weighted by atomic mass is 10.2. The van der Waals surface area contributed by atoms with Crippen LogP contribution in [-0.2, 0) is 16.2 Å². The Hall–Kier alpha value is -3.26. The minimum Gasteiger partial charge on any atom is -0.490 e. The number of amides is 2. The summed E-state index contributed by atoms with van der Waals surface area (Å²) >= 11 is 18.4. The van der Waals surface area contributed by atoms with Gasteiger partial charge in [-0.1, -0.05) is 53.0 Å². The molecule has 0 aliphatic rings. The molecule has 0 atom stereocenters. The third-order valence-electron chi connectivity index (χ3n) is 4.64. The van der Waals surface area contributed by atoms with E-state index in [9.17, 15) is 9.59 Å². The van der Waals surface area contributed by atoms with Crippen molar-refractivity contribution in [1.82, 2.24) is 5.43 Å². The molecular weight excluding hydrogens is 513 g/mol. The Morgan fingerprint density at radius 2 is 1.69 bits per heavy atom. The molecule has 0 fully saturated rings. The molecule has 3 aromatic carbocycles. The number of nitrogens with one attached hydrogen (secondary N) is 2. The molecule has 7 nitrogen and oxygen atoms in total. The van der Waals surface area contributed by atoms with Gasteiger partial charge < -0.3 is 14.8 Å². The van der Waals surface area contributed by atoms with E-state index in [4.69, 9.17) is 44.3 Å². The number of halogens is 3. The van der Waals surface area contributed by atoms with E-state index in [0.29, 0.717) is 44.4 Å². The van der Waals surface area contributed by atoms with Crippen LogP contribution in [0.25, 0.3) is 0 Å². The van der Waals surface area contributed by atoms with Gasteiger partial charge in [0.15, 0.2) is 11.5 Å². The van der Waals surface area contributed by atoms with Crippen molar-refractivity contribution in [2.45, 2.75) is 20.5 Å². The summed E-state index contributed by atoms with van der Waals surface area (Å²) in [5.74, 6) is -1.05. The van der Waals surface area contributed by atoms with Gasteiger partial charge in [-0.2, -0.15) is 5.10 Å². The highest BCUT2D eigenvalue weighted by atomic mass is 35.5. The van der Waals surface area contributed by atoms with Crippen LogP contribution >= 0.6 is 34.8 Å². The monoisotopic (exact) mass is 533 g/mol. The Morgan fingerprint density at radius 3 is 2.37 bits per heavy atom. The first-order valence-corrected chi connectivity index (χ1v) is 11.6. The lowest BCUT2D eigenvalue weighted by Gasteiger charge is -2.14. The van der Waals surface area contributed by atoms with Gasteiger partial charge in [-0.25, -0.2) is 5.43 Å². The van der Waals surface area contributed by atoms with E-state index in [1.165, 1.54) is 6.21 Å². The van der Waals surface area contributed by atoms with Gasteiger partial charge in [0, 0.05) is 15.7 Å². The molecule has 0 unspecified atom stereocenters. The second-order valence-corrected chi connectivity index (χ2v) is 8.55. The summed E-state index contributed by atoms with van der Waals surface area (Å²) in [5, 5.41) is 7.70. The van der Waals surface area contributed by atoms with Crippen LogP contribution in [0.5, 0.6) is 11.5 Å². The van der Waals surface area contributed by atoms with Gasteiger partial charge in [0.1, 0.15) is 6.61 Å². The van der Waals surface area contributed by atoms with E-state index in [1.54, 1.807) is 42.5 Å². The molecule has 0 heterocycles. The summed E-state index contributed by atoms with van der Waals surface area (Å²) < 4.78 is 11.5. The summed E-state index contributed by atoms with van der Waals surface area (Å²) in [5.41, 5.74) is 4.86. The van der Waals surface area contributed by atoms with E-state index < -0.39 is 11.8 Å². The van der Waals surface area contributed by atoms with Crippen molar-refractivity contribution in [3.05, 3.63) is 86.4 Å². The standard InChI is InChI=1S/C25H22Cl3N3O4/c1-3-34-22-11-17(10-21(28)23(22)35-14-16-5-7-18(26)8-6-16)13-29-31-25(33)24(32)30-19-9-4-15(2)20(27)12-19/h4-13H,3,14H2,1-2H3,(H,30,32)(H,31,33)/b29-13-. The van der Waals surface area contributed by atoms with Crippen molar-refractivity contribution < 1.29 is 19.1 Å². The zero-order valence-corrected chi connectivity index (χ0v) is 21.2. The molecular formula is C25H22Cl3N3O4. The van der Waals surface area contributed by atoms with Crippen LogP contribution in [0, 0.1) is 6.92 Å². The first-order valence-electron chi connectivity index (χ1n) is 10.5. The van der Waals surface area contributed by atoms with E-state index in [-0.39, 0.29) is 6.61 Å². The van der Waals surface area contributed by atoms with Crippen molar-refractivity contribution in [2.24, 2.45) is 5.10 Å². The van der Waals surface area contributed by atoms with Gasteiger partial charge in [-0.05, 0) is 66.9 Å². The molecule has 0 aromatic heterocycles. The van der Waals surface area contributed by atoms with Crippen molar-refractivity contribution in [2.75, 3.05) is 11.9 Å². The summed E-state index contributed by atoms with van der Waals surface area (Å²) in [7, 11) is 0. The predicted octanol–water partition coefficient (Wildman–Crippen LogP) is 6.02. The number of benzene rings is 3. The Labute approximate surface area is 218 Å². The van der Waals surface area contributed by atoms with Crippen molar-refractivity contribution in [1.29, 1.82) is 0 Å². The van der Waals surface area contributed by atoms with Crippen LogP contribution in [0.1, 0.15) is 23.6 Å². The summed E-state index contributed by atoms with van der Waals surface area (Å²) in [6, 6.07) is 15.4. The molecule has 0 saturated carbocycles. The van der Waals surface area contributed by atoms with Crippen molar-refractivity contribution in [3.63, 3.8) is 0 Å². The van der Waals surface area contributed by atoms with Crippen molar-refractivity contribution >= 4 is 58.5 Å².